The van der Waals surface area contributed by atoms with Gasteiger partial charge in [0.25, 0.3) is 0 Å². The van der Waals surface area contributed by atoms with E-state index in [0.717, 1.165) is 42.0 Å². The van der Waals surface area contributed by atoms with Gasteiger partial charge in [0.15, 0.2) is 0 Å². The zero-order chi connectivity index (χ0) is 23.5. The number of halogens is 2. The fraction of sp³-hybridized carbons (Fsp3) is 0.333. The molecule has 33 heavy (non-hydrogen) atoms. The second-order valence-corrected chi connectivity index (χ2v) is 8.75. The highest BCUT2D eigenvalue weighted by Gasteiger charge is 2.21. The van der Waals surface area contributed by atoms with E-state index in [4.69, 9.17) is 21.9 Å². The molecule has 1 saturated heterocycles. The zero-order valence-corrected chi connectivity index (χ0v) is 19.3. The van der Waals surface area contributed by atoms with E-state index in [9.17, 15) is 9.18 Å². The number of anilines is 2. The third kappa shape index (κ3) is 5.35. The number of benzene rings is 2. The van der Waals surface area contributed by atoms with Gasteiger partial charge in [0.05, 0.1) is 28.1 Å². The lowest BCUT2D eigenvalue weighted by molar-refractivity contribution is -0.117. The molecule has 4 rings (SSSR count). The van der Waals surface area contributed by atoms with Crippen LogP contribution in [0.1, 0.15) is 23.4 Å². The molecule has 1 aliphatic rings. The van der Waals surface area contributed by atoms with Gasteiger partial charge in [0, 0.05) is 18.2 Å². The van der Waals surface area contributed by atoms with E-state index in [1.165, 1.54) is 12.1 Å². The van der Waals surface area contributed by atoms with Gasteiger partial charge in [-0.15, -0.1) is 0 Å². The quantitative estimate of drug-likeness (QED) is 0.414. The Balaban J connectivity index is 1.58. The molecule has 1 amide bonds. The molecule has 0 radical (unpaired) electrons. The number of nitrogens with one attached hydrogen (secondary N) is 3. The predicted molar refractivity (Wildman–Crippen MR) is 128 cm³/mol. The molecule has 9 heteroatoms. The number of hydrogen-bond acceptors (Lipinski definition) is 6. The van der Waals surface area contributed by atoms with E-state index >= 15 is 0 Å². The van der Waals surface area contributed by atoms with Crippen molar-refractivity contribution in [1.29, 1.82) is 0 Å². The van der Waals surface area contributed by atoms with E-state index in [0.29, 0.717) is 17.0 Å². The molecule has 7 nitrogen and oxygen atoms in total. The number of rotatable bonds is 7. The van der Waals surface area contributed by atoms with Gasteiger partial charge in [0.2, 0.25) is 5.91 Å². The molecule has 3 aromatic rings. The van der Waals surface area contributed by atoms with E-state index in [2.05, 4.69) is 21.1 Å². The molecule has 0 unspecified atom stereocenters. The van der Waals surface area contributed by atoms with Crippen LogP contribution in [0.4, 0.5) is 15.8 Å². The molecule has 0 aliphatic carbocycles. The standard InChI is InChI=1S/C24H27ClFN5O2/c1-13-23(14(2)33-31-13)16-4-6-21(29-17-7-8-28-12-17)22(11-16)30-24(32)20(27)10-15-3-5-18(25)19(26)9-15/h3-6,9,11,17,20,28-29H,7-8,10,12,27H2,1-2H3,(H,30,32)/t17-,20-/m0/s1. The minimum atomic E-state index is -0.866. The molecular formula is C24H27ClFN5O2. The van der Waals surface area contributed by atoms with Gasteiger partial charge in [-0.2, -0.15) is 0 Å². The van der Waals surface area contributed by atoms with Crippen molar-refractivity contribution < 1.29 is 13.7 Å². The summed E-state index contributed by atoms with van der Waals surface area (Å²) in [5.74, 6) is -0.202. The number of hydrogen-bond donors (Lipinski definition) is 4. The highest BCUT2D eigenvalue weighted by atomic mass is 35.5. The molecule has 2 heterocycles. The maximum absolute atomic E-state index is 13.8. The first-order valence-corrected chi connectivity index (χ1v) is 11.2. The van der Waals surface area contributed by atoms with Crippen molar-refractivity contribution in [2.24, 2.45) is 5.73 Å². The first kappa shape index (κ1) is 23.2. The average Bonchev–Trinajstić information content (AvgIpc) is 3.41. The van der Waals surface area contributed by atoms with Crippen LogP contribution in [0, 0.1) is 19.7 Å². The minimum Gasteiger partial charge on any atom is -0.379 e. The predicted octanol–water partition coefficient (Wildman–Crippen LogP) is 4.03. The van der Waals surface area contributed by atoms with Gasteiger partial charge in [-0.25, -0.2) is 4.39 Å². The Labute approximate surface area is 196 Å². The van der Waals surface area contributed by atoms with Crippen LogP contribution in [0.25, 0.3) is 11.1 Å². The monoisotopic (exact) mass is 471 g/mol. The maximum Gasteiger partial charge on any atom is 0.241 e. The topological polar surface area (TPSA) is 105 Å². The molecule has 2 aromatic carbocycles. The van der Waals surface area contributed by atoms with Crippen LogP contribution < -0.4 is 21.7 Å². The summed E-state index contributed by atoms with van der Waals surface area (Å²) in [5, 5.41) is 13.8. The van der Waals surface area contributed by atoms with Crippen LogP contribution in [0.3, 0.4) is 0 Å². The lowest BCUT2D eigenvalue weighted by Crippen LogP contribution is -2.37. The van der Waals surface area contributed by atoms with Crippen LogP contribution in [-0.4, -0.2) is 36.2 Å². The number of nitrogens with two attached hydrogens (primary N) is 1. The lowest BCUT2D eigenvalue weighted by atomic mass is 10.0. The summed E-state index contributed by atoms with van der Waals surface area (Å²) in [6.45, 7) is 5.52. The number of carbonyl (C=O) groups is 1. The normalized spacial score (nSPS) is 16.6. The molecule has 1 aromatic heterocycles. The molecule has 2 atom stereocenters. The van der Waals surface area contributed by atoms with Crippen LogP contribution in [0.5, 0.6) is 0 Å². The number of amides is 1. The summed E-state index contributed by atoms with van der Waals surface area (Å²) in [7, 11) is 0. The second-order valence-electron chi connectivity index (χ2n) is 8.34. The Hall–Kier alpha value is -2.94. The summed E-state index contributed by atoms with van der Waals surface area (Å²) >= 11 is 5.75. The largest absolute Gasteiger partial charge is 0.379 e. The Kier molecular flexibility index (Phi) is 6.97. The van der Waals surface area contributed by atoms with Crippen molar-refractivity contribution in [3.63, 3.8) is 0 Å². The van der Waals surface area contributed by atoms with Gasteiger partial charge in [0.1, 0.15) is 11.6 Å². The van der Waals surface area contributed by atoms with E-state index in [1.54, 1.807) is 6.07 Å². The van der Waals surface area contributed by atoms with E-state index in [1.807, 2.05) is 32.0 Å². The van der Waals surface area contributed by atoms with Crippen LogP contribution in [-0.2, 0) is 11.2 Å². The maximum atomic E-state index is 13.8. The smallest absolute Gasteiger partial charge is 0.241 e. The second kappa shape index (κ2) is 9.91. The highest BCUT2D eigenvalue weighted by Crippen LogP contribution is 2.33. The van der Waals surface area contributed by atoms with Crippen molar-refractivity contribution in [3.05, 3.63) is 64.3 Å². The van der Waals surface area contributed by atoms with Crippen molar-refractivity contribution in [2.75, 3.05) is 23.7 Å². The first-order valence-electron chi connectivity index (χ1n) is 10.9. The number of aryl methyl sites for hydroxylation is 2. The Bertz CT molecular complexity index is 1140. The third-order valence-electron chi connectivity index (χ3n) is 5.80. The summed E-state index contributed by atoms with van der Waals surface area (Å²) < 4.78 is 19.1. The Morgan fingerprint density at radius 2 is 2.12 bits per heavy atom. The molecule has 5 N–H and O–H groups in total. The van der Waals surface area contributed by atoms with Gasteiger partial charge < -0.3 is 26.2 Å². The van der Waals surface area contributed by atoms with Crippen LogP contribution in [0.15, 0.2) is 40.9 Å². The molecule has 0 spiro atoms. The van der Waals surface area contributed by atoms with Crippen molar-refractivity contribution in [3.8, 4) is 11.1 Å². The number of aromatic nitrogens is 1. The van der Waals surface area contributed by atoms with E-state index < -0.39 is 11.9 Å². The SMILES string of the molecule is Cc1noc(C)c1-c1ccc(N[C@H]2CCNC2)c(NC(=O)[C@@H](N)Cc2ccc(Cl)c(F)c2)c1. The number of carbonyl (C=O) groups excluding carboxylic acids is 1. The van der Waals surface area contributed by atoms with Crippen molar-refractivity contribution >= 4 is 28.9 Å². The zero-order valence-electron chi connectivity index (χ0n) is 18.5. The molecule has 0 bridgehead atoms. The lowest BCUT2D eigenvalue weighted by Gasteiger charge is -2.20. The summed E-state index contributed by atoms with van der Waals surface area (Å²) in [5.41, 5.74) is 10.7. The van der Waals surface area contributed by atoms with Gasteiger partial charge in [-0.1, -0.05) is 28.9 Å². The van der Waals surface area contributed by atoms with Gasteiger partial charge in [-0.05, 0) is 68.6 Å². The van der Waals surface area contributed by atoms with Gasteiger partial charge in [-0.3, -0.25) is 4.79 Å². The van der Waals surface area contributed by atoms with Crippen LogP contribution >= 0.6 is 11.6 Å². The fourth-order valence-corrected chi connectivity index (χ4v) is 4.18. The Morgan fingerprint density at radius 1 is 1.30 bits per heavy atom. The number of nitrogens with zero attached hydrogens (tertiary/aromatic N) is 1. The molecular weight excluding hydrogens is 445 g/mol. The third-order valence-corrected chi connectivity index (χ3v) is 6.10. The molecule has 174 valence electrons. The fourth-order valence-electron chi connectivity index (χ4n) is 4.06. The summed E-state index contributed by atoms with van der Waals surface area (Å²) in [6.07, 6.45) is 1.17. The van der Waals surface area contributed by atoms with Crippen molar-refractivity contribution in [2.45, 2.75) is 38.8 Å². The van der Waals surface area contributed by atoms with Gasteiger partial charge >= 0.3 is 0 Å². The summed E-state index contributed by atoms with van der Waals surface area (Å²) in [6, 6.07) is 9.62. The van der Waals surface area contributed by atoms with Crippen LogP contribution in [0.2, 0.25) is 5.02 Å². The molecule has 0 saturated carbocycles. The average molecular weight is 472 g/mol. The highest BCUT2D eigenvalue weighted by molar-refractivity contribution is 6.30. The summed E-state index contributed by atoms with van der Waals surface area (Å²) in [4.78, 5) is 13.0. The first-order chi connectivity index (χ1) is 15.8. The minimum absolute atomic E-state index is 0.0324. The molecule has 1 fully saturated rings. The van der Waals surface area contributed by atoms with Crippen molar-refractivity contribution in [1.82, 2.24) is 10.5 Å². The Morgan fingerprint density at radius 3 is 2.79 bits per heavy atom. The molecule has 1 aliphatic heterocycles. The van der Waals surface area contributed by atoms with E-state index in [-0.39, 0.29) is 23.4 Å².